The van der Waals surface area contributed by atoms with Crippen LogP contribution in [0, 0.1) is 13.8 Å². The molecule has 1 aromatic heterocycles. The van der Waals surface area contributed by atoms with E-state index in [0.29, 0.717) is 17.5 Å². The minimum Gasteiger partial charge on any atom is -0.475 e. The molecule has 2 N–H and O–H groups in total. The average Bonchev–Trinajstić information content (AvgIpc) is 2.24. The van der Waals surface area contributed by atoms with E-state index in [-0.39, 0.29) is 5.54 Å². The number of nitrogens with zero attached hydrogens (tertiary/aromatic N) is 2. The van der Waals surface area contributed by atoms with Gasteiger partial charge in [0.1, 0.15) is 11.6 Å². The Balaban J connectivity index is 3.04. The standard InChI is InChI=1S/C14H23N3OS/c1-9-7-10(2)16-13(11(9)12(15)19)18-8-14(3,4)17(5)6/h7H,8H2,1-6H3,(H2,15,19). The molecular formula is C14H23N3OS. The smallest absolute Gasteiger partial charge is 0.224 e. The Morgan fingerprint density at radius 3 is 2.47 bits per heavy atom. The van der Waals surface area contributed by atoms with E-state index in [9.17, 15) is 0 Å². The summed E-state index contributed by atoms with van der Waals surface area (Å²) in [6, 6.07) is 1.96. The highest BCUT2D eigenvalue weighted by Gasteiger charge is 2.23. The molecule has 0 amide bonds. The van der Waals surface area contributed by atoms with Crippen LogP contribution in [-0.2, 0) is 0 Å². The predicted octanol–water partition coefficient (Wildman–Crippen LogP) is 2.05. The number of rotatable bonds is 5. The van der Waals surface area contributed by atoms with Crippen molar-refractivity contribution in [1.82, 2.24) is 9.88 Å². The van der Waals surface area contributed by atoms with Crippen molar-refractivity contribution in [3.8, 4) is 5.88 Å². The van der Waals surface area contributed by atoms with Gasteiger partial charge in [0.05, 0.1) is 5.56 Å². The monoisotopic (exact) mass is 281 g/mol. The number of likely N-dealkylation sites (N-methyl/N-ethyl adjacent to an activating group) is 1. The molecular weight excluding hydrogens is 258 g/mol. The van der Waals surface area contributed by atoms with Gasteiger partial charge in [0.15, 0.2) is 0 Å². The van der Waals surface area contributed by atoms with Gasteiger partial charge in [-0.3, -0.25) is 0 Å². The van der Waals surface area contributed by atoms with Crippen LogP contribution in [0.5, 0.6) is 5.88 Å². The van der Waals surface area contributed by atoms with Crippen LogP contribution in [0.15, 0.2) is 6.07 Å². The van der Waals surface area contributed by atoms with E-state index < -0.39 is 0 Å². The normalized spacial score (nSPS) is 11.7. The maximum atomic E-state index is 5.87. The van der Waals surface area contributed by atoms with Crippen LogP contribution in [0.2, 0.25) is 0 Å². The van der Waals surface area contributed by atoms with Gasteiger partial charge < -0.3 is 15.4 Å². The summed E-state index contributed by atoms with van der Waals surface area (Å²) in [5.74, 6) is 0.528. The summed E-state index contributed by atoms with van der Waals surface area (Å²) in [7, 11) is 4.04. The van der Waals surface area contributed by atoms with Gasteiger partial charge in [-0.2, -0.15) is 0 Å². The average molecular weight is 281 g/mol. The number of ether oxygens (including phenoxy) is 1. The summed E-state index contributed by atoms with van der Waals surface area (Å²) >= 11 is 5.09. The molecule has 0 saturated heterocycles. The van der Waals surface area contributed by atoms with Gasteiger partial charge in [-0.15, -0.1) is 0 Å². The van der Waals surface area contributed by atoms with Gasteiger partial charge in [0.2, 0.25) is 5.88 Å². The maximum Gasteiger partial charge on any atom is 0.224 e. The fourth-order valence-electron chi connectivity index (χ4n) is 1.58. The van der Waals surface area contributed by atoms with Crippen molar-refractivity contribution in [2.75, 3.05) is 20.7 Å². The minimum atomic E-state index is -0.0905. The lowest BCUT2D eigenvalue weighted by molar-refractivity contribution is 0.111. The second kappa shape index (κ2) is 5.84. The quantitative estimate of drug-likeness (QED) is 0.837. The summed E-state index contributed by atoms with van der Waals surface area (Å²) in [4.78, 5) is 6.84. The molecule has 1 rings (SSSR count). The Labute approximate surface area is 121 Å². The fraction of sp³-hybridized carbons (Fsp3) is 0.571. The highest BCUT2D eigenvalue weighted by molar-refractivity contribution is 7.80. The fourth-order valence-corrected chi connectivity index (χ4v) is 1.83. The summed E-state index contributed by atoms with van der Waals surface area (Å²) in [5, 5.41) is 0. The van der Waals surface area contributed by atoms with Gasteiger partial charge in [-0.1, -0.05) is 12.2 Å². The van der Waals surface area contributed by atoms with Gasteiger partial charge in [0.25, 0.3) is 0 Å². The lowest BCUT2D eigenvalue weighted by Crippen LogP contribution is -2.43. The zero-order valence-electron chi connectivity index (χ0n) is 12.6. The summed E-state index contributed by atoms with van der Waals surface area (Å²) in [5.41, 5.74) is 8.30. The Morgan fingerprint density at radius 2 is 2.00 bits per heavy atom. The van der Waals surface area contributed by atoms with Crippen LogP contribution in [0.25, 0.3) is 0 Å². The Morgan fingerprint density at radius 1 is 1.42 bits per heavy atom. The van der Waals surface area contributed by atoms with Crippen molar-refractivity contribution in [1.29, 1.82) is 0 Å². The third-order valence-corrected chi connectivity index (χ3v) is 3.53. The molecule has 0 spiro atoms. The summed E-state index contributed by atoms with van der Waals surface area (Å²) < 4.78 is 5.87. The van der Waals surface area contributed by atoms with E-state index in [1.165, 1.54) is 0 Å². The highest BCUT2D eigenvalue weighted by atomic mass is 32.1. The molecule has 1 aromatic rings. The second-order valence-corrected chi connectivity index (χ2v) is 6.06. The molecule has 0 aliphatic rings. The largest absolute Gasteiger partial charge is 0.475 e. The van der Waals surface area contributed by atoms with Crippen molar-refractivity contribution < 1.29 is 4.74 Å². The summed E-state index contributed by atoms with van der Waals surface area (Å²) in [6.45, 7) is 8.63. The first-order valence-corrected chi connectivity index (χ1v) is 6.64. The number of aryl methyl sites for hydroxylation is 2. The van der Waals surface area contributed by atoms with Gasteiger partial charge in [-0.05, 0) is 53.4 Å². The molecule has 0 bridgehead atoms. The number of hydrogen-bond acceptors (Lipinski definition) is 4. The topological polar surface area (TPSA) is 51.4 Å². The van der Waals surface area contributed by atoms with Gasteiger partial charge in [0, 0.05) is 11.2 Å². The molecule has 0 atom stereocenters. The van der Waals surface area contributed by atoms with E-state index in [1.807, 2.05) is 34.0 Å². The highest BCUT2D eigenvalue weighted by Crippen LogP contribution is 2.22. The van der Waals surface area contributed by atoms with Crippen LogP contribution in [0.1, 0.15) is 30.7 Å². The number of pyridine rings is 1. The Bertz CT molecular complexity index is 484. The zero-order valence-corrected chi connectivity index (χ0v) is 13.4. The first-order chi connectivity index (χ1) is 8.65. The van der Waals surface area contributed by atoms with E-state index in [4.69, 9.17) is 22.7 Å². The van der Waals surface area contributed by atoms with Crippen LogP contribution in [-0.4, -0.2) is 41.1 Å². The maximum absolute atomic E-state index is 5.87. The third kappa shape index (κ3) is 3.88. The third-order valence-electron chi connectivity index (χ3n) is 3.33. The minimum absolute atomic E-state index is 0.0905. The molecule has 0 radical (unpaired) electrons. The number of hydrogen-bond donors (Lipinski definition) is 1. The molecule has 0 saturated carbocycles. The summed E-state index contributed by atoms with van der Waals surface area (Å²) in [6.07, 6.45) is 0. The number of aromatic nitrogens is 1. The number of nitrogens with two attached hydrogens (primary N) is 1. The second-order valence-electron chi connectivity index (χ2n) is 5.62. The molecule has 5 heteroatoms. The van der Waals surface area contributed by atoms with Crippen LogP contribution < -0.4 is 10.5 Å². The SMILES string of the molecule is Cc1cc(C)c(C(N)=S)c(OCC(C)(C)N(C)C)n1. The van der Waals surface area contributed by atoms with Crippen LogP contribution in [0.4, 0.5) is 0 Å². The van der Waals surface area contributed by atoms with E-state index in [2.05, 4.69) is 23.7 Å². The molecule has 19 heavy (non-hydrogen) atoms. The van der Waals surface area contributed by atoms with Gasteiger partial charge in [-0.25, -0.2) is 4.98 Å². The lowest BCUT2D eigenvalue weighted by Gasteiger charge is -2.32. The Hall–Kier alpha value is -1.20. The zero-order chi connectivity index (χ0) is 14.8. The van der Waals surface area contributed by atoms with E-state index in [1.54, 1.807) is 0 Å². The van der Waals surface area contributed by atoms with Crippen molar-refractivity contribution in [3.05, 3.63) is 22.9 Å². The lowest BCUT2D eigenvalue weighted by atomic mass is 10.1. The molecule has 106 valence electrons. The molecule has 1 heterocycles. The number of thiocarbonyl (C=S) groups is 1. The first-order valence-electron chi connectivity index (χ1n) is 6.23. The van der Waals surface area contributed by atoms with Crippen LogP contribution in [0.3, 0.4) is 0 Å². The van der Waals surface area contributed by atoms with Crippen molar-refractivity contribution in [2.24, 2.45) is 5.73 Å². The first kappa shape index (κ1) is 15.9. The molecule has 0 unspecified atom stereocenters. The molecule has 0 aromatic carbocycles. The van der Waals surface area contributed by atoms with Crippen molar-refractivity contribution in [3.63, 3.8) is 0 Å². The van der Waals surface area contributed by atoms with Crippen LogP contribution >= 0.6 is 12.2 Å². The van der Waals surface area contributed by atoms with Crippen molar-refractivity contribution in [2.45, 2.75) is 33.2 Å². The predicted molar refractivity (Wildman–Crippen MR) is 82.9 cm³/mol. The van der Waals surface area contributed by atoms with Gasteiger partial charge >= 0.3 is 0 Å². The molecule has 0 fully saturated rings. The van der Waals surface area contributed by atoms with E-state index >= 15 is 0 Å². The van der Waals surface area contributed by atoms with E-state index in [0.717, 1.165) is 16.8 Å². The molecule has 0 aliphatic heterocycles. The van der Waals surface area contributed by atoms with Crippen molar-refractivity contribution >= 4 is 17.2 Å². The molecule has 4 nitrogen and oxygen atoms in total. The Kier molecular flexibility index (Phi) is 4.87. The molecule has 0 aliphatic carbocycles.